The zero-order valence-electron chi connectivity index (χ0n) is 9.64. The molecular weight excluding hydrogens is 272 g/mol. The number of halogens is 1. The first-order valence-electron chi connectivity index (χ1n) is 5.48. The molecule has 0 radical (unpaired) electrons. The number of benzene rings is 1. The Morgan fingerprint density at radius 2 is 2.17 bits per heavy atom. The average molecular weight is 283 g/mol. The molecule has 3 rings (SSSR count). The maximum Gasteiger partial charge on any atom is 0.231 e. The van der Waals surface area contributed by atoms with Crippen molar-refractivity contribution < 1.29 is 14.6 Å². The highest BCUT2D eigenvalue weighted by Gasteiger charge is 2.22. The summed E-state index contributed by atoms with van der Waals surface area (Å²) in [6.07, 6.45) is -0.685. The van der Waals surface area contributed by atoms with Crippen LogP contribution in [-0.4, -0.2) is 11.9 Å². The molecule has 0 saturated carbocycles. The normalized spacial score (nSPS) is 14.8. The Morgan fingerprint density at radius 1 is 1.33 bits per heavy atom. The van der Waals surface area contributed by atoms with Gasteiger partial charge < -0.3 is 14.6 Å². The minimum Gasteiger partial charge on any atom is -0.454 e. The molecule has 1 aliphatic heterocycles. The lowest BCUT2D eigenvalue weighted by Crippen LogP contribution is -1.97. The molecule has 18 heavy (non-hydrogen) atoms. The number of hydrogen-bond acceptors (Lipinski definition) is 4. The van der Waals surface area contributed by atoms with E-state index in [0.717, 1.165) is 9.75 Å². The summed E-state index contributed by atoms with van der Waals surface area (Å²) in [6.45, 7) is 2.18. The number of rotatable bonds is 2. The maximum atomic E-state index is 10.3. The molecule has 1 aliphatic rings. The molecule has 3 nitrogen and oxygen atoms in total. The Labute approximate surface area is 114 Å². The summed E-state index contributed by atoms with van der Waals surface area (Å²) in [5, 5.41) is 10.8. The van der Waals surface area contributed by atoms with Gasteiger partial charge in [0.2, 0.25) is 6.79 Å². The van der Waals surface area contributed by atoms with Crippen LogP contribution in [0.25, 0.3) is 0 Å². The van der Waals surface area contributed by atoms with Gasteiger partial charge in [-0.3, -0.25) is 0 Å². The molecule has 0 bridgehead atoms. The van der Waals surface area contributed by atoms with Gasteiger partial charge >= 0.3 is 0 Å². The minimum atomic E-state index is -0.685. The van der Waals surface area contributed by atoms with Crippen molar-refractivity contribution in [1.29, 1.82) is 0 Å². The standard InChI is InChI=1S/C13H11ClO3S/c1-7-2-3-11(18-7)12(15)8-4-9(14)13-10(5-8)16-6-17-13/h2-5,12,15H,6H2,1H3. The summed E-state index contributed by atoms with van der Waals surface area (Å²) in [4.78, 5) is 2.05. The second kappa shape index (κ2) is 4.46. The fourth-order valence-electron chi connectivity index (χ4n) is 1.91. The van der Waals surface area contributed by atoms with Crippen LogP contribution < -0.4 is 9.47 Å². The van der Waals surface area contributed by atoms with Gasteiger partial charge in [0.15, 0.2) is 11.5 Å². The van der Waals surface area contributed by atoms with Crippen LogP contribution in [0.4, 0.5) is 0 Å². The number of aryl methyl sites for hydroxylation is 1. The van der Waals surface area contributed by atoms with E-state index in [1.54, 1.807) is 23.5 Å². The van der Waals surface area contributed by atoms with Gasteiger partial charge in [-0.05, 0) is 36.8 Å². The van der Waals surface area contributed by atoms with Crippen LogP contribution in [0.5, 0.6) is 11.5 Å². The van der Waals surface area contributed by atoms with Crippen molar-refractivity contribution in [2.24, 2.45) is 0 Å². The van der Waals surface area contributed by atoms with Crippen molar-refractivity contribution >= 4 is 22.9 Å². The summed E-state index contributed by atoms with van der Waals surface area (Å²) < 4.78 is 10.5. The molecule has 1 aromatic heterocycles. The smallest absolute Gasteiger partial charge is 0.231 e. The molecular formula is C13H11ClO3S. The molecule has 1 atom stereocenters. The lowest BCUT2D eigenvalue weighted by Gasteiger charge is -2.10. The van der Waals surface area contributed by atoms with Gasteiger partial charge in [-0.25, -0.2) is 0 Å². The first kappa shape index (κ1) is 11.8. The fourth-order valence-corrected chi connectivity index (χ4v) is 3.08. The Morgan fingerprint density at radius 3 is 2.89 bits per heavy atom. The predicted molar refractivity (Wildman–Crippen MR) is 70.7 cm³/mol. The summed E-state index contributed by atoms with van der Waals surface area (Å²) in [5.74, 6) is 1.14. The molecule has 1 unspecified atom stereocenters. The number of aliphatic hydroxyl groups is 1. The highest BCUT2D eigenvalue weighted by Crippen LogP contribution is 2.42. The molecule has 2 heterocycles. The molecule has 0 amide bonds. The molecule has 0 aliphatic carbocycles. The second-order valence-electron chi connectivity index (χ2n) is 4.09. The summed E-state index contributed by atoms with van der Waals surface area (Å²) in [5.41, 5.74) is 0.714. The topological polar surface area (TPSA) is 38.7 Å². The van der Waals surface area contributed by atoms with Crippen LogP contribution in [-0.2, 0) is 0 Å². The summed E-state index contributed by atoms with van der Waals surface area (Å²) in [7, 11) is 0. The van der Waals surface area contributed by atoms with E-state index in [-0.39, 0.29) is 6.79 Å². The van der Waals surface area contributed by atoms with E-state index in [1.165, 1.54) is 0 Å². The third kappa shape index (κ3) is 1.96. The van der Waals surface area contributed by atoms with E-state index in [4.69, 9.17) is 21.1 Å². The lowest BCUT2D eigenvalue weighted by molar-refractivity contribution is 0.173. The first-order valence-corrected chi connectivity index (χ1v) is 6.68. The third-order valence-corrected chi connectivity index (χ3v) is 4.13. The Kier molecular flexibility index (Phi) is 2.93. The first-order chi connectivity index (χ1) is 8.65. The van der Waals surface area contributed by atoms with Crippen LogP contribution in [0.2, 0.25) is 5.02 Å². The highest BCUT2D eigenvalue weighted by molar-refractivity contribution is 7.12. The SMILES string of the molecule is Cc1ccc(C(O)c2cc(Cl)c3c(c2)OCO3)s1. The second-order valence-corrected chi connectivity index (χ2v) is 5.81. The molecule has 0 spiro atoms. The highest BCUT2D eigenvalue weighted by atomic mass is 35.5. The number of hydrogen-bond donors (Lipinski definition) is 1. The molecule has 5 heteroatoms. The van der Waals surface area contributed by atoms with Crippen LogP contribution in [0.15, 0.2) is 24.3 Å². The zero-order chi connectivity index (χ0) is 12.7. The van der Waals surface area contributed by atoms with Gasteiger partial charge in [-0.2, -0.15) is 0 Å². The molecule has 0 saturated heterocycles. The predicted octanol–water partition coefficient (Wildman–Crippen LogP) is 3.52. The van der Waals surface area contributed by atoms with Gasteiger partial charge in [0.1, 0.15) is 6.10 Å². The Hall–Kier alpha value is -1.23. The third-order valence-electron chi connectivity index (χ3n) is 2.80. The van der Waals surface area contributed by atoms with Gasteiger partial charge in [0.25, 0.3) is 0 Å². The maximum absolute atomic E-state index is 10.3. The van der Waals surface area contributed by atoms with E-state index in [1.807, 2.05) is 19.1 Å². The Balaban J connectivity index is 2.00. The van der Waals surface area contributed by atoms with Crippen molar-refractivity contribution in [3.05, 3.63) is 44.6 Å². The van der Waals surface area contributed by atoms with Crippen molar-refractivity contribution in [2.75, 3.05) is 6.79 Å². The van der Waals surface area contributed by atoms with E-state index in [9.17, 15) is 5.11 Å². The minimum absolute atomic E-state index is 0.173. The number of ether oxygens (including phenoxy) is 2. The van der Waals surface area contributed by atoms with Crippen LogP contribution in [0.1, 0.15) is 21.4 Å². The van der Waals surface area contributed by atoms with Gasteiger partial charge in [0.05, 0.1) is 5.02 Å². The quantitative estimate of drug-likeness (QED) is 0.916. The molecule has 2 aromatic rings. The van der Waals surface area contributed by atoms with Gasteiger partial charge in [-0.1, -0.05) is 11.6 Å². The molecule has 0 fully saturated rings. The van der Waals surface area contributed by atoms with Crippen LogP contribution >= 0.6 is 22.9 Å². The monoisotopic (exact) mass is 282 g/mol. The van der Waals surface area contributed by atoms with Gasteiger partial charge in [0, 0.05) is 9.75 Å². The van der Waals surface area contributed by atoms with Gasteiger partial charge in [-0.15, -0.1) is 11.3 Å². The van der Waals surface area contributed by atoms with Crippen molar-refractivity contribution in [3.8, 4) is 11.5 Å². The van der Waals surface area contributed by atoms with Crippen LogP contribution in [0.3, 0.4) is 0 Å². The van der Waals surface area contributed by atoms with E-state index < -0.39 is 6.10 Å². The Bertz CT molecular complexity index is 594. The van der Waals surface area contributed by atoms with Crippen molar-refractivity contribution in [1.82, 2.24) is 0 Å². The lowest BCUT2D eigenvalue weighted by atomic mass is 10.1. The van der Waals surface area contributed by atoms with E-state index >= 15 is 0 Å². The van der Waals surface area contributed by atoms with Crippen molar-refractivity contribution in [3.63, 3.8) is 0 Å². The summed E-state index contributed by atoms with van der Waals surface area (Å²) in [6, 6.07) is 7.39. The average Bonchev–Trinajstić information content (AvgIpc) is 2.96. The van der Waals surface area contributed by atoms with Crippen molar-refractivity contribution in [2.45, 2.75) is 13.0 Å². The zero-order valence-corrected chi connectivity index (χ0v) is 11.2. The summed E-state index contributed by atoms with van der Waals surface area (Å²) >= 11 is 7.66. The number of thiophene rings is 1. The van der Waals surface area contributed by atoms with E-state index in [2.05, 4.69) is 0 Å². The fraction of sp³-hybridized carbons (Fsp3) is 0.231. The van der Waals surface area contributed by atoms with E-state index in [0.29, 0.717) is 22.1 Å². The molecule has 1 aromatic carbocycles. The number of aliphatic hydroxyl groups excluding tert-OH is 1. The molecule has 1 N–H and O–H groups in total. The largest absolute Gasteiger partial charge is 0.454 e. The number of fused-ring (bicyclic) bond motifs is 1. The van der Waals surface area contributed by atoms with Crippen LogP contribution in [0, 0.1) is 6.92 Å². The molecule has 94 valence electrons.